The van der Waals surface area contributed by atoms with Crippen molar-refractivity contribution in [2.45, 2.75) is 386 Å². The summed E-state index contributed by atoms with van der Waals surface area (Å²) in [5, 5.41) is 14.1. The van der Waals surface area contributed by atoms with Gasteiger partial charge in [-0.05, 0) is 64.2 Å². The van der Waals surface area contributed by atoms with Gasteiger partial charge in [-0.2, -0.15) is 0 Å². The molecule has 0 bridgehead atoms. The molecule has 0 saturated carbocycles. The maximum Gasteiger partial charge on any atom is 0.472 e. The number of nitrogens with zero attached hydrogens (tertiary/aromatic N) is 1. The maximum atomic E-state index is 13.1. The van der Waals surface area contributed by atoms with Crippen LogP contribution in [0.4, 0.5) is 0 Å². The van der Waals surface area contributed by atoms with Crippen LogP contribution in [0.2, 0.25) is 0 Å². The molecule has 3 N–H and O–H groups in total. The molecule has 0 aliphatic carbocycles. The van der Waals surface area contributed by atoms with E-state index in [9.17, 15) is 19.4 Å². The van der Waals surface area contributed by atoms with E-state index in [2.05, 4.69) is 79.9 Å². The Hall–Kier alpha value is -2.06. The number of rotatable bonds is 71. The number of nitrogens with one attached hydrogen (secondary N) is 1. The molecule has 8 nitrogen and oxygen atoms in total. The predicted molar refractivity (Wildman–Crippen MR) is 387 cm³/mol. The van der Waals surface area contributed by atoms with Crippen molar-refractivity contribution < 1.29 is 32.9 Å². The second-order valence-corrected chi connectivity index (χ2v) is 28.8. The number of likely N-dealkylation sites (N-methyl/N-ethyl adjacent to an activating group) is 1. The van der Waals surface area contributed by atoms with Crippen molar-refractivity contribution in [3.05, 3.63) is 72.9 Å². The summed E-state index contributed by atoms with van der Waals surface area (Å²) in [7, 11) is 1.59. The van der Waals surface area contributed by atoms with Gasteiger partial charge in [-0.25, -0.2) is 4.57 Å². The number of amides is 1. The van der Waals surface area contributed by atoms with Gasteiger partial charge in [0.2, 0.25) is 5.91 Å². The fourth-order valence-electron chi connectivity index (χ4n) is 11.5. The molecule has 3 unspecified atom stereocenters. The van der Waals surface area contributed by atoms with Crippen LogP contribution in [0.15, 0.2) is 72.9 Å². The molecule has 0 aromatic rings. The molecule has 516 valence electrons. The van der Waals surface area contributed by atoms with Gasteiger partial charge in [-0.15, -0.1) is 0 Å². The molecule has 3 atom stereocenters. The van der Waals surface area contributed by atoms with Crippen LogP contribution in [0.25, 0.3) is 0 Å². The van der Waals surface area contributed by atoms with E-state index in [1.54, 1.807) is 6.08 Å². The summed E-state index contributed by atoms with van der Waals surface area (Å²) in [5.41, 5.74) is 0. The Morgan fingerprint density at radius 1 is 0.398 bits per heavy atom. The van der Waals surface area contributed by atoms with Gasteiger partial charge in [0.1, 0.15) is 13.2 Å². The van der Waals surface area contributed by atoms with Gasteiger partial charge in [-0.1, -0.05) is 376 Å². The summed E-state index contributed by atoms with van der Waals surface area (Å²) >= 11 is 0. The molecule has 88 heavy (non-hydrogen) atoms. The molecule has 0 aliphatic heterocycles. The van der Waals surface area contributed by atoms with Gasteiger partial charge in [0.25, 0.3) is 0 Å². The average Bonchev–Trinajstić information content (AvgIpc) is 3.64. The zero-order valence-electron chi connectivity index (χ0n) is 59.2. The first-order valence-corrected chi connectivity index (χ1v) is 39.8. The number of carbonyl (C=O) groups excluding carboxylic acids is 1. The van der Waals surface area contributed by atoms with Crippen LogP contribution in [0, 0.1) is 0 Å². The monoisotopic (exact) mass is 1250 g/mol. The van der Waals surface area contributed by atoms with Crippen LogP contribution in [0.1, 0.15) is 373 Å². The van der Waals surface area contributed by atoms with Crippen LogP contribution in [0.5, 0.6) is 0 Å². The lowest BCUT2D eigenvalue weighted by atomic mass is 10.0. The van der Waals surface area contributed by atoms with Crippen molar-refractivity contribution in [2.75, 3.05) is 40.9 Å². The zero-order chi connectivity index (χ0) is 64.1. The highest BCUT2D eigenvalue weighted by Crippen LogP contribution is 2.43. The Kier molecular flexibility index (Phi) is 67.7. The molecule has 0 aromatic carbocycles. The van der Waals surface area contributed by atoms with E-state index in [1.165, 1.54) is 283 Å². The van der Waals surface area contributed by atoms with Gasteiger partial charge in [0.15, 0.2) is 0 Å². The number of hydrogen-bond acceptors (Lipinski definition) is 5. The molecule has 0 aromatic heterocycles. The molecule has 0 spiro atoms. The highest BCUT2D eigenvalue weighted by Gasteiger charge is 2.28. The Labute approximate surface area is 548 Å². The number of aliphatic hydroxyl groups is 1. The number of quaternary nitrogens is 1. The Bertz CT molecular complexity index is 1670. The number of allylic oxidation sites excluding steroid dienone is 11. The average molecular weight is 1260 g/mol. The van der Waals surface area contributed by atoms with Gasteiger partial charge >= 0.3 is 7.82 Å². The summed E-state index contributed by atoms with van der Waals surface area (Å²) in [5.74, 6) is -0.171. The summed E-state index contributed by atoms with van der Waals surface area (Å²) in [6.07, 6.45) is 97.9. The quantitative estimate of drug-likeness (QED) is 0.0243. The van der Waals surface area contributed by atoms with Gasteiger partial charge < -0.3 is 19.8 Å². The van der Waals surface area contributed by atoms with E-state index in [0.29, 0.717) is 17.4 Å². The predicted octanol–water partition coefficient (Wildman–Crippen LogP) is 24.9. The van der Waals surface area contributed by atoms with E-state index in [-0.39, 0.29) is 19.1 Å². The molecule has 1 amide bonds. The van der Waals surface area contributed by atoms with Crippen molar-refractivity contribution in [3.63, 3.8) is 0 Å². The minimum Gasteiger partial charge on any atom is -0.387 e. The van der Waals surface area contributed by atoms with E-state index in [1.807, 2.05) is 27.2 Å². The largest absolute Gasteiger partial charge is 0.472 e. The molecule has 0 saturated heterocycles. The van der Waals surface area contributed by atoms with E-state index < -0.39 is 20.0 Å². The minimum absolute atomic E-state index is 0.0618. The smallest absolute Gasteiger partial charge is 0.387 e. The van der Waals surface area contributed by atoms with Gasteiger partial charge in [0.05, 0.1) is 39.9 Å². The highest BCUT2D eigenvalue weighted by molar-refractivity contribution is 7.47. The number of hydrogen-bond donors (Lipinski definition) is 3. The Morgan fingerprint density at radius 2 is 0.682 bits per heavy atom. The van der Waals surface area contributed by atoms with E-state index in [4.69, 9.17) is 9.05 Å². The van der Waals surface area contributed by atoms with Crippen molar-refractivity contribution in [1.82, 2.24) is 5.32 Å². The molecular weight excluding hydrogens is 1100 g/mol. The molecule has 0 fully saturated rings. The third kappa shape index (κ3) is 71.4. The molecule has 0 aliphatic rings. The molecule has 0 heterocycles. The number of carbonyl (C=O) groups is 1. The van der Waals surface area contributed by atoms with Crippen molar-refractivity contribution in [3.8, 4) is 0 Å². The maximum absolute atomic E-state index is 13.1. The van der Waals surface area contributed by atoms with Gasteiger partial charge in [-0.3, -0.25) is 13.8 Å². The van der Waals surface area contributed by atoms with Crippen molar-refractivity contribution in [2.24, 2.45) is 0 Å². The van der Waals surface area contributed by atoms with Crippen LogP contribution in [-0.2, 0) is 18.4 Å². The lowest BCUT2D eigenvalue weighted by molar-refractivity contribution is -0.870. The third-order valence-corrected chi connectivity index (χ3v) is 18.4. The second-order valence-electron chi connectivity index (χ2n) is 27.4. The second kappa shape index (κ2) is 69.3. The normalized spacial score (nSPS) is 13.9. The van der Waals surface area contributed by atoms with Gasteiger partial charge in [0, 0.05) is 6.42 Å². The molecular formula is C79H150N2O6P+. The summed E-state index contributed by atoms with van der Waals surface area (Å²) in [6.45, 7) is 4.75. The van der Waals surface area contributed by atoms with Crippen molar-refractivity contribution >= 4 is 13.7 Å². The topological polar surface area (TPSA) is 105 Å². The fraction of sp³-hybridized carbons (Fsp3) is 0.835. The van der Waals surface area contributed by atoms with Crippen molar-refractivity contribution in [1.29, 1.82) is 0 Å². The Morgan fingerprint density at radius 3 is 1.00 bits per heavy atom. The highest BCUT2D eigenvalue weighted by atomic mass is 31.2. The fourth-order valence-corrected chi connectivity index (χ4v) is 12.3. The SMILES string of the molecule is CC/C=C\C/C=C\C/C=C\C/C=C\C/C=C\CCCCCCCCCCCCCCCCCCCCCC(=O)NC(COP(=O)(O)OCC[N+](C)(C)C)C(O)/C=C/CCCCCCCCCCCCCCCCCCCCCCCCCCCCCCC. The Balaban J connectivity index is 3.99. The molecule has 0 rings (SSSR count). The van der Waals surface area contributed by atoms with Crippen LogP contribution >= 0.6 is 7.82 Å². The first kappa shape index (κ1) is 85.9. The van der Waals surface area contributed by atoms with E-state index in [0.717, 1.165) is 70.6 Å². The molecule has 0 radical (unpaired) electrons. The van der Waals surface area contributed by atoms with E-state index >= 15 is 0 Å². The van der Waals surface area contributed by atoms with Crippen LogP contribution in [0.3, 0.4) is 0 Å². The summed E-state index contributed by atoms with van der Waals surface area (Å²) in [6, 6.07) is -0.850. The number of aliphatic hydroxyl groups excluding tert-OH is 1. The standard InChI is InChI=1S/C79H149N2O6P/c1-6-8-10-12-14-16-18-20-22-24-26-28-30-32-34-36-38-39-40-41-43-45-47-49-51-53-55-57-59-61-63-65-67-69-71-73-79(83)80-77(76-87-88(84,85)86-75-74-81(3,4)5)78(82)72-70-68-66-64-62-60-58-56-54-52-50-48-46-44-42-37-35-33-31-29-27-25-23-21-19-17-15-13-11-9-7-2/h8,10,14,16,20,22,26,28,32,34,70,72,77-78,82H,6-7,9,11-13,15,17-19,21,23-25,27,29-31,33,35-69,71,73-76H2,1-5H3,(H-,80,83,84,85)/p+1/b10-8-,16-14-,22-20-,28-26-,34-32-,72-70+. The molecule has 9 heteroatoms. The first-order valence-electron chi connectivity index (χ1n) is 38.3. The van der Waals surface area contributed by atoms with Crippen LogP contribution < -0.4 is 5.32 Å². The number of phosphoric acid groups is 1. The summed E-state index contributed by atoms with van der Waals surface area (Å²) < 4.78 is 23.9. The van der Waals surface area contributed by atoms with Crippen LogP contribution in [-0.4, -0.2) is 73.4 Å². The zero-order valence-corrected chi connectivity index (χ0v) is 60.1. The number of phosphoric ester groups is 1. The number of unbranched alkanes of at least 4 members (excludes halogenated alkanes) is 48. The lowest BCUT2D eigenvalue weighted by Gasteiger charge is -2.25. The first-order chi connectivity index (χ1) is 43.0. The minimum atomic E-state index is -4.36. The lowest BCUT2D eigenvalue weighted by Crippen LogP contribution is -2.45. The summed E-state index contributed by atoms with van der Waals surface area (Å²) in [4.78, 5) is 23.5. The third-order valence-electron chi connectivity index (χ3n) is 17.4.